The first-order valence-electron chi connectivity index (χ1n) is 7.50. The van der Waals surface area contributed by atoms with Crippen LogP contribution in [0.25, 0.3) is 21.7 Å². The van der Waals surface area contributed by atoms with Crippen molar-refractivity contribution >= 4 is 17.2 Å². The molecule has 3 aromatic rings. The molecule has 2 N–H and O–H groups in total. The fourth-order valence-electron chi connectivity index (χ4n) is 2.77. The number of aryl methyl sites for hydroxylation is 1. The number of rotatable bonds is 3. The summed E-state index contributed by atoms with van der Waals surface area (Å²) in [6, 6.07) is 16.4. The second-order valence-corrected chi connectivity index (χ2v) is 6.60. The average molecular weight is 319 g/mol. The van der Waals surface area contributed by atoms with Crippen molar-refractivity contribution in [2.45, 2.75) is 20.3 Å². The van der Waals surface area contributed by atoms with Crippen LogP contribution in [-0.4, -0.2) is 4.98 Å². The van der Waals surface area contributed by atoms with Gasteiger partial charge in [0, 0.05) is 20.9 Å². The zero-order chi connectivity index (χ0) is 16.4. The number of nitrogens with two attached hydrogens (primary N) is 1. The average Bonchev–Trinajstić information content (AvgIpc) is 3.00. The minimum absolute atomic E-state index is 0.296. The number of nitrogen functional groups attached to an aromatic ring is 1. The first-order chi connectivity index (χ1) is 11.2. The highest BCUT2D eigenvalue weighted by Gasteiger charge is 2.20. The van der Waals surface area contributed by atoms with Crippen molar-refractivity contribution in [3.8, 4) is 27.8 Å². The van der Waals surface area contributed by atoms with E-state index < -0.39 is 0 Å². The van der Waals surface area contributed by atoms with E-state index in [0.717, 1.165) is 33.7 Å². The fraction of sp³-hybridized carbons (Fsp3) is 0.158. The summed E-state index contributed by atoms with van der Waals surface area (Å²) >= 11 is 1.68. The largest absolute Gasteiger partial charge is 0.383 e. The highest BCUT2D eigenvalue weighted by molar-refractivity contribution is 7.15. The monoisotopic (exact) mass is 319 g/mol. The van der Waals surface area contributed by atoms with Crippen LogP contribution in [0.5, 0.6) is 0 Å². The molecule has 114 valence electrons. The van der Waals surface area contributed by atoms with Crippen LogP contribution in [-0.2, 0) is 6.42 Å². The van der Waals surface area contributed by atoms with Crippen LogP contribution in [0.2, 0.25) is 0 Å². The Bertz CT molecular complexity index is 889. The molecule has 3 rings (SSSR count). The van der Waals surface area contributed by atoms with Gasteiger partial charge >= 0.3 is 0 Å². The topological polar surface area (TPSA) is 62.7 Å². The molecule has 1 aromatic carbocycles. The van der Waals surface area contributed by atoms with Gasteiger partial charge in [-0.3, -0.25) is 0 Å². The minimum Gasteiger partial charge on any atom is -0.383 e. The Morgan fingerprint density at radius 2 is 1.91 bits per heavy atom. The number of pyridine rings is 1. The van der Waals surface area contributed by atoms with Gasteiger partial charge in [0.2, 0.25) is 0 Å². The lowest BCUT2D eigenvalue weighted by molar-refractivity contribution is 1.11. The van der Waals surface area contributed by atoms with Crippen LogP contribution in [0.4, 0.5) is 5.82 Å². The Labute approximate surface area is 140 Å². The van der Waals surface area contributed by atoms with E-state index in [1.165, 1.54) is 4.88 Å². The predicted octanol–water partition coefficient (Wildman–Crippen LogP) is 4.80. The lowest BCUT2D eigenvalue weighted by Crippen LogP contribution is -2.04. The number of anilines is 1. The molecule has 0 aliphatic rings. The van der Waals surface area contributed by atoms with Crippen molar-refractivity contribution < 1.29 is 0 Å². The van der Waals surface area contributed by atoms with E-state index in [1.807, 2.05) is 30.3 Å². The van der Waals surface area contributed by atoms with Crippen LogP contribution >= 0.6 is 11.3 Å². The molecule has 0 aliphatic heterocycles. The standard InChI is InChI=1S/C19H17N3S/c1-3-14-17(16-10-9-12(2)23-16)15(11-20)19(21)22-18(14)13-7-5-4-6-8-13/h4-10H,3H2,1-2H3,(H2,21,22). The third-order valence-electron chi connectivity index (χ3n) is 3.83. The summed E-state index contributed by atoms with van der Waals surface area (Å²) in [4.78, 5) is 6.82. The van der Waals surface area contributed by atoms with Crippen LogP contribution in [0.15, 0.2) is 42.5 Å². The quantitative estimate of drug-likeness (QED) is 0.754. The van der Waals surface area contributed by atoms with Gasteiger partial charge in [-0.25, -0.2) is 4.98 Å². The second kappa shape index (κ2) is 6.23. The molecular formula is C19H17N3S. The molecule has 0 amide bonds. The molecule has 0 fully saturated rings. The summed E-state index contributed by atoms with van der Waals surface area (Å²) in [6.07, 6.45) is 0.790. The van der Waals surface area contributed by atoms with E-state index in [4.69, 9.17) is 5.73 Å². The molecule has 2 aromatic heterocycles. The molecule has 0 bridgehead atoms. The molecule has 3 nitrogen and oxygen atoms in total. The van der Waals surface area contributed by atoms with Crippen molar-refractivity contribution in [1.82, 2.24) is 4.98 Å². The van der Waals surface area contributed by atoms with E-state index >= 15 is 0 Å². The van der Waals surface area contributed by atoms with Gasteiger partial charge in [0.25, 0.3) is 0 Å². The lowest BCUT2D eigenvalue weighted by Gasteiger charge is -2.15. The number of nitriles is 1. The van der Waals surface area contributed by atoms with E-state index in [0.29, 0.717) is 11.4 Å². The molecule has 2 heterocycles. The van der Waals surface area contributed by atoms with Crippen LogP contribution < -0.4 is 5.73 Å². The highest BCUT2D eigenvalue weighted by Crippen LogP contribution is 2.39. The minimum atomic E-state index is 0.296. The normalized spacial score (nSPS) is 10.5. The predicted molar refractivity (Wildman–Crippen MR) is 96.2 cm³/mol. The Hall–Kier alpha value is -2.64. The van der Waals surface area contributed by atoms with Gasteiger partial charge in [0.1, 0.15) is 17.5 Å². The molecule has 0 saturated carbocycles. The van der Waals surface area contributed by atoms with Gasteiger partial charge in [-0.05, 0) is 31.0 Å². The second-order valence-electron chi connectivity index (χ2n) is 5.32. The molecule has 0 spiro atoms. The van der Waals surface area contributed by atoms with Crippen molar-refractivity contribution in [2.75, 3.05) is 5.73 Å². The van der Waals surface area contributed by atoms with Gasteiger partial charge in [0.05, 0.1) is 5.69 Å². The maximum atomic E-state index is 9.58. The molecular weight excluding hydrogens is 302 g/mol. The number of thiophene rings is 1. The van der Waals surface area contributed by atoms with Gasteiger partial charge in [-0.1, -0.05) is 37.3 Å². The fourth-order valence-corrected chi connectivity index (χ4v) is 3.72. The van der Waals surface area contributed by atoms with E-state index in [9.17, 15) is 5.26 Å². The Morgan fingerprint density at radius 3 is 2.48 bits per heavy atom. The third kappa shape index (κ3) is 2.71. The molecule has 0 unspecified atom stereocenters. The third-order valence-corrected chi connectivity index (χ3v) is 4.84. The molecule has 0 atom stereocenters. The molecule has 0 aliphatic carbocycles. The molecule has 4 heteroatoms. The maximum Gasteiger partial charge on any atom is 0.142 e. The van der Waals surface area contributed by atoms with Crippen LogP contribution in [0, 0.1) is 18.3 Å². The summed E-state index contributed by atoms with van der Waals surface area (Å²) in [6.45, 7) is 4.15. The van der Waals surface area contributed by atoms with Crippen LogP contribution in [0.1, 0.15) is 22.9 Å². The first-order valence-corrected chi connectivity index (χ1v) is 8.32. The Morgan fingerprint density at radius 1 is 1.17 bits per heavy atom. The van der Waals surface area contributed by atoms with Gasteiger partial charge in [-0.15, -0.1) is 11.3 Å². The highest BCUT2D eigenvalue weighted by atomic mass is 32.1. The van der Waals surface area contributed by atoms with Gasteiger partial charge in [-0.2, -0.15) is 5.26 Å². The molecule has 23 heavy (non-hydrogen) atoms. The summed E-state index contributed by atoms with van der Waals surface area (Å²) in [5.41, 5.74) is 10.5. The van der Waals surface area contributed by atoms with Crippen molar-refractivity contribution in [3.05, 3.63) is 58.5 Å². The zero-order valence-electron chi connectivity index (χ0n) is 13.1. The summed E-state index contributed by atoms with van der Waals surface area (Å²) < 4.78 is 0. The van der Waals surface area contributed by atoms with Crippen molar-refractivity contribution in [3.63, 3.8) is 0 Å². The van der Waals surface area contributed by atoms with Crippen molar-refractivity contribution in [2.24, 2.45) is 0 Å². The smallest absolute Gasteiger partial charge is 0.142 e. The van der Waals surface area contributed by atoms with Crippen molar-refractivity contribution in [1.29, 1.82) is 5.26 Å². The van der Waals surface area contributed by atoms with Crippen LogP contribution in [0.3, 0.4) is 0 Å². The number of aromatic nitrogens is 1. The lowest BCUT2D eigenvalue weighted by atomic mass is 9.94. The SMILES string of the molecule is CCc1c(-c2ccccc2)nc(N)c(C#N)c1-c1ccc(C)s1. The van der Waals surface area contributed by atoms with E-state index in [2.05, 4.69) is 37.0 Å². The number of hydrogen-bond acceptors (Lipinski definition) is 4. The summed E-state index contributed by atoms with van der Waals surface area (Å²) in [5.74, 6) is 0.296. The van der Waals surface area contributed by atoms with Gasteiger partial charge in [0.15, 0.2) is 0 Å². The first kappa shape index (κ1) is 15.3. The summed E-state index contributed by atoms with van der Waals surface area (Å²) in [5, 5.41) is 9.58. The molecule has 0 radical (unpaired) electrons. The summed E-state index contributed by atoms with van der Waals surface area (Å²) in [7, 11) is 0. The molecule has 0 saturated heterocycles. The zero-order valence-corrected chi connectivity index (χ0v) is 13.9. The number of nitrogens with zero attached hydrogens (tertiary/aromatic N) is 2. The Balaban J connectivity index is 2.37. The maximum absolute atomic E-state index is 9.58. The van der Waals surface area contributed by atoms with Gasteiger partial charge < -0.3 is 5.73 Å². The van der Waals surface area contributed by atoms with E-state index in [-0.39, 0.29) is 0 Å². The number of hydrogen-bond donors (Lipinski definition) is 1. The van der Waals surface area contributed by atoms with E-state index in [1.54, 1.807) is 11.3 Å². The number of benzene rings is 1. The Kier molecular flexibility index (Phi) is 4.14.